The van der Waals surface area contributed by atoms with E-state index in [0.717, 1.165) is 49.8 Å². The van der Waals surface area contributed by atoms with Crippen LogP contribution in [0, 0.1) is 6.92 Å². The maximum absolute atomic E-state index is 13.0. The summed E-state index contributed by atoms with van der Waals surface area (Å²) in [5, 5.41) is 14.5. The van der Waals surface area contributed by atoms with Crippen molar-refractivity contribution in [2.75, 3.05) is 49.5 Å². The predicted molar refractivity (Wildman–Crippen MR) is 150 cm³/mol. The molecule has 0 spiro atoms. The van der Waals surface area contributed by atoms with Crippen LogP contribution in [0.5, 0.6) is 0 Å². The molecule has 3 aromatic heterocycles. The van der Waals surface area contributed by atoms with E-state index in [4.69, 9.17) is 10.1 Å². The highest BCUT2D eigenvalue weighted by molar-refractivity contribution is 7.17. The maximum Gasteiger partial charge on any atom is 0.304 e. The van der Waals surface area contributed by atoms with E-state index in [1.165, 1.54) is 40.8 Å². The highest BCUT2D eigenvalue weighted by atomic mass is 32.1. The number of piperazine rings is 1. The van der Waals surface area contributed by atoms with Gasteiger partial charge >= 0.3 is 5.97 Å². The number of likely N-dealkylation sites (tertiary alicyclic amines) is 1. The largest absolute Gasteiger partial charge is 0.481 e. The van der Waals surface area contributed by atoms with Crippen molar-refractivity contribution in [3.8, 4) is 10.6 Å². The van der Waals surface area contributed by atoms with Gasteiger partial charge in [-0.05, 0) is 50.2 Å². The fourth-order valence-electron chi connectivity index (χ4n) is 4.89. The number of aliphatic carboxylic acids is 1. The zero-order chi connectivity index (χ0) is 26.6. The van der Waals surface area contributed by atoms with E-state index in [9.17, 15) is 9.59 Å². The number of aryl methyl sites for hydroxylation is 1. The molecule has 202 valence electrons. The number of hydrogen-bond acceptors (Lipinski definition) is 10. The van der Waals surface area contributed by atoms with E-state index in [-0.39, 0.29) is 18.0 Å². The molecule has 2 fully saturated rings. The third kappa shape index (κ3) is 6.37. The number of carbonyl (C=O) groups is 2. The van der Waals surface area contributed by atoms with Crippen molar-refractivity contribution in [1.82, 2.24) is 24.8 Å². The third-order valence-corrected chi connectivity index (χ3v) is 9.14. The molecule has 2 aliphatic heterocycles. The average molecular weight is 556 g/mol. The van der Waals surface area contributed by atoms with Crippen LogP contribution in [-0.2, 0) is 11.3 Å². The number of amides is 1. The number of aromatic nitrogens is 3. The maximum atomic E-state index is 13.0. The highest BCUT2D eigenvalue weighted by Gasteiger charge is 2.25. The van der Waals surface area contributed by atoms with Gasteiger partial charge in [0.2, 0.25) is 0 Å². The van der Waals surface area contributed by atoms with Gasteiger partial charge in [-0.2, -0.15) is 0 Å². The third-order valence-electron chi connectivity index (χ3n) is 7.13. The zero-order valence-electron chi connectivity index (χ0n) is 21.7. The summed E-state index contributed by atoms with van der Waals surface area (Å²) >= 11 is 3.21. The first-order valence-electron chi connectivity index (χ1n) is 13.0. The normalized spacial score (nSPS) is 18.7. The van der Waals surface area contributed by atoms with Crippen molar-refractivity contribution >= 4 is 45.5 Å². The van der Waals surface area contributed by atoms with E-state index in [0.29, 0.717) is 23.5 Å². The number of anilines is 2. The summed E-state index contributed by atoms with van der Waals surface area (Å²) in [5.41, 5.74) is 2.40. The standard InChI is InChI=1S/C26H33N7O3S2/c1-17-12-20(37-16-17)24-21(15-33-6-3-4-18(33)2)38-26(29-24)30-25(36)19-13-28-22(14-27-19)32-10-8-31(9-11-32)7-5-23(34)35/h12-14,16,18H,3-11,15H2,1-2H3,(H,34,35)(H,29,30,36). The first kappa shape index (κ1) is 26.7. The Hall–Kier alpha value is -2.93. The first-order chi connectivity index (χ1) is 18.4. The molecule has 1 atom stereocenters. The molecule has 1 unspecified atom stereocenters. The number of carbonyl (C=O) groups excluding carboxylic acids is 1. The molecule has 0 bridgehead atoms. The number of hydrogen-bond donors (Lipinski definition) is 2. The molecule has 12 heteroatoms. The summed E-state index contributed by atoms with van der Waals surface area (Å²) in [6.07, 6.45) is 5.71. The molecule has 2 saturated heterocycles. The Balaban J connectivity index is 1.23. The van der Waals surface area contributed by atoms with Gasteiger partial charge in [0.1, 0.15) is 11.5 Å². The fourth-order valence-corrected chi connectivity index (χ4v) is 6.87. The second kappa shape index (κ2) is 11.9. The van der Waals surface area contributed by atoms with E-state index in [1.807, 2.05) is 0 Å². The molecule has 2 N–H and O–H groups in total. The van der Waals surface area contributed by atoms with Crippen LogP contribution >= 0.6 is 22.7 Å². The Morgan fingerprint density at radius 2 is 1.97 bits per heavy atom. The van der Waals surface area contributed by atoms with Crippen LogP contribution < -0.4 is 10.2 Å². The molecule has 1 amide bonds. The molecule has 0 aromatic carbocycles. The van der Waals surface area contributed by atoms with Gasteiger partial charge in [0, 0.05) is 50.2 Å². The van der Waals surface area contributed by atoms with Crippen LogP contribution in [0.25, 0.3) is 10.6 Å². The number of carboxylic acid groups (broad SMARTS) is 1. The summed E-state index contributed by atoms with van der Waals surface area (Å²) in [7, 11) is 0. The van der Waals surface area contributed by atoms with Crippen LogP contribution in [0.1, 0.15) is 47.1 Å². The lowest BCUT2D eigenvalue weighted by Gasteiger charge is -2.34. The Morgan fingerprint density at radius 1 is 1.16 bits per heavy atom. The van der Waals surface area contributed by atoms with Crippen LogP contribution in [0.15, 0.2) is 23.8 Å². The number of nitrogens with one attached hydrogen (secondary N) is 1. The Labute approximate surface area is 230 Å². The molecule has 5 heterocycles. The molecule has 2 aliphatic rings. The van der Waals surface area contributed by atoms with Crippen LogP contribution in [0.3, 0.4) is 0 Å². The van der Waals surface area contributed by atoms with Gasteiger partial charge in [0.05, 0.1) is 29.4 Å². The monoisotopic (exact) mass is 555 g/mol. The Morgan fingerprint density at radius 3 is 2.61 bits per heavy atom. The van der Waals surface area contributed by atoms with Crippen LogP contribution in [0.2, 0.25) is 0 Å². The molecule has 0 aliphatic carbocycles. The lowest BCUT2D eigenvalue weighted by Crippen LogP contribution is -2.47. The highest BCUT2D eigenvalue weighted by Crippen LogP contribution is 2.36. The molecular weight excluding hydrogens is 522 g/mol. The number of thiophene rings is 1. The van der Waals surface area contributed by atoms with E-state index in [2.05, 4.69) is 55.3 Å². The van der Waals surface area contributed by atoms with Gasteiger partial charge < -0.3 is 10.0 Å². The SMILES string of the molecule is Cc1csc(-c2nc(NC(=O)c3cnc(N4CCN(CCC(=O)O)CC4)cn3)sc2CN2CCCC2C)c1. The van der Waals surface area contributed by atoms with Gasteiger partial charge in [-0.15, -0.1) is 11.3 Å². The van der Waals surface area contributed by atoms with Crippen molar-refractivity contribution in [3.63, 3.8) is 0 Å². The molecule has 0 saturated carbocycles. The quantitative estimate of drug-likeness (QED) is 0.407. The smallest absolute Gasteiger partial charge is 0.304 e. The van der Waals surface area contributed by atoms with E-state index < -0.39 is 5.97 Å². The summed E-state index contributed by atoms with van der Waals surface area (Å²) < 4.78 is 0. The minimum absolute atomic E-state index is 0.149. The summed E-state index contributed by atoms with van der Waals surface area (Å²) in [6, 6.07) is 2.70. The topological polar surface area (TPSA) is 115 Å². The van der Waals surface area contributed by atoms with Crippen LogP contribution in [0.4, 0.5) is 10.9 Å². The second-order valence-corrected chi connectivity index (χ2v) is 11.9. The minimum atomic E-state index is -0.778. The lowest BCUT2D eigenvalue weighted by molar-refractivity contribution is -0.137. The van der Waals surface area contributed by atoms with Crippen molar-refractivity contribution < 1.29 is 14.7 Å². The number of thiazole rings is 1. The number of rotatable bonds is 9. The molecular formula is C26H33N7O3S2. The summed E-state index contributed by atoms with van der Waals surface area (Å²) in [6.45, 7) is 9.84. The van der Waals surface area contributed by atoms with Crippen molar-refractivity contribution in [1.29, 1.82) is 0 Å². The zero-order valence-corrected chi connectivity index (χ0v) is 23.4. The van der Waals surface area contributed by atoms with E-state index in [1.54, 1.807) is 17.5 Å². The van der Waals surface area contributed by atoms with Gasteiger partial charge in [0.25, 0.3) is 5.91 Å². The predicted octanol–water partition coefficient (Wildman–Crippen LogP) is 3.80. The van der Waals surface area contributed by atoms with Gasteiger partial charge in [-0.25, -0.2) is 15.0 Å². The van der Waals surface area contributed by atoms with E-state index >= 15 is 0 Å². The lowest BCUT2D eigenvalue weighted by atomic mass is 10.2. The van der Waals surface area contributed by atoms with Gasteiger partial charge in [-0.3, -0.25) is 24.7 Å². The summed E-state index contributed by atoms with van der Waals surface area (Å²) in [4.78, 5) is 46.5. The van der Waals surface area contributed by atoms with Gasteiger partial charge in [0.15, 0.2) is 5.13 Å². The first-order valence-corrected chi connectivity index (χ1v) is 14.7. The molecule has 5 rings (SSSR count). The Bertz CT molecular complexity index is 1270. The number of carboxylic acids is 1. The van der Waals surface area contributed by atoms with Gasteiger partial charge in [-0.1, -0.05) is 11.3 Å². The number of nitrogens with zero attached hydrogens (tertiary/aromatic N) is 6. The molecule has 38 heavy (non-hydrogen) atoms. The molecule has 0 radical (unpaired) electrons. The molecule has 3 aromatic rings. The fraction of sp³-hybridized carbons (Fsp3) is 0.500. The molecule has 10 nitrogen and oxygen atoms in total. The average Bonchev–Trinajstić information content (AvgIpc) is 3.63. The Kier molecular flexibility index (Phi) is 8.32. The van der Waals surface area contributed by atoms with Crippen molar-refractivity contribution in [2.45, 2.75) is 45.7 Å². The van der Waals surface area contributed by atoms with Crippen molar-refractivity contribution in [3.05, 3.63) is 40.0 Å². The van der Waals surface area contributed by atoms with Crippen LogP contribution in [-0.4, -0.2) is 87.0 Å². The van der Waals surface area contributed by atoms with Crippen molar-refractivity contribution in [2.24, 2.45) is 0 Å². The summed E-state index contributed by atoms with van der Waals surface area (Å²) in [5.74, 6) is -0.391. The minimum Gasteiger partial charge on any atom is -0.481 e. The second-order valence-electron chi connectivity index (χ2n) is 9.93.